The molecule has 7 nitrogen and oxygen atoms in total. The zero-order valence-corrected chi connectivity index (χ0v) is 11.9. The number of rotatable bonds is 6. The minimum absolute atomic E-state index is 0.161. The molecule has 21 heavy (non-hydrogen) atoms. The van der Waals surface area contributed by atoms with Crippen LogP contribution in [-0.4, -0.2) is 39.3 Å². The molecule has 1 aromatic carbocycles. The average molecular weight is 296 g/mol. The van der Waals surface area contributed by atoms with Crippen molar-refractivity contribution in [3.63, 3.8) is 0 Å². The first kappa shape index (κ1) is 16.8. The Hall–Kier alpha value is -2.28. The Balaban J connectivity index is 2.62. The number of hydrogen-bond donors (Lipinski definition) is 5. The minimum Gasteiger partial charge on any atom is -0.504 e. The molecule has 116 valence electrons. The maximum Gasteiger partial charge on any atom is 0.308 e. The minimum atomic E-state index is -1.00. The number of carbonyl (C=O) groups is 2. The molecule has 0 radical (unpaired) electrons. The van der Waals surface area contributed by atoms with Gasteiger partial charge in [-0.2, -0.15) is 0 Å². The fourth-order valence-corrected chi connectivity index (χ4v) is 1.71. The molecule has 1 amide bonds. The molecule has 0 aliphatic rings. The maximum atomic E-state index is 11.9. The number of benzene rings is 1. The summed E-state index contributed by atoms with van der Waals surface area (Å²) >= 11 is 0. The monoisotopic (exact) mass is 296 g/mol. The van der Waals surface area contributed by atoms with Gasteiger partial charge in [-0.25, -0.2) is 0 Å². The van der Waals surface area contributed by atoms with Crippen molar-refractivity contribution in [1.29, 1.82) is 0 Å². The van der Waals surface area contributed by atoms with Crippen molar-refractivity contribution >= 4 is 11.9 Å². The van der Waals surface area contributed by atoms with Crippen molar-refractivity contribution in [3.8, 4) is 11.5 Å². The van der Waals surface area contributed by atoms with Crippen molar-refractivity contribution in [1.82, 2.24) is 5.32 Å². The van der Waals surface area contributed by atoms with Gasteiger partial charge in [-0.1, -0.05) is 6.07 Å². The van der Waals surface area contributed by atoms with Crippen LogP contribution in [0.1, 0.15) is 19.4 Å². The fourth-order valence-electron chi connectivity index (χ4n) is 1.71. The van der Waals surface area contributed by atoms with Crippen LogP contribution in [0.4, 0.5) is 0 Å². The highest BCUT2D eigenvalue weighted by Crippen LogP contribution is 2.25. The van der Waals surface area contributed by atoms with Gasteiger partial charge in [-0.05, 0) is 38.0 Å². The number of carboxylic acids is 1. The van der Waals surface area contributed by atoms with E-state index in [1.165, 1.54) is 19.1 Å². The number of nitrogens with two attached hydrogens (primary N) is 1. The van der Waals surface area contributed by atoms with Gasteiger partial charge >= 0.3 is 5.97 Å². The van der Waals surface area contributed by atoms with Crippen LogP contribution in [-0.2, 0) is 16.0 Å². The van der Waals surface area contributed by atoms with Gasteiger partial charge in [0.25, 0.3) is 0 Å². The molecule has 0 saturated carbocycles. The summed E-state index contributed by atoms with van der Waals surface area (Å²) < 4.78 is 0. The summed E-state index contributed by atoms with van der Waals surface area (Å²) in [4.78, 5) is 22.7. The summed E-state index contributed by atoms with van der Waals surface area (Å²) in [6.07, 6.45) is 0.161. The molecule has 1 rings (SSSR count). The van der Waals surface area contributed by atoms with Crippen LogP contribution in [0.25, 0.3) is 0 Å². The van der Waals surface area contributed by atoms with E-state index in [0.717, 1.165) is 0 Å². The molecule has 0 fully saturated rings. The Morgan fingerprint density at radius 2 is 1.86 bits per heavy atom. The second kappa shape index (κ2) is 6.94. The van der Waals surface area contributed by atoms with E-state index < -0.39 is 29.9 Å². The standard InChI is InChI=1S/C14H20N2O5/c1-7(14(20)21)8(2)16-13(19)10(15)5-9-3-4-11(17)12(18)6-9/h3-4,6-8,10,17-18H,5,15H2,1-2H3,(H,16,19)(H,20,21)/t7?,8?,10-/m0/s1. The van der Waals surface area contributed by atoms with Crippen LogP contribution in [0.2, 0.25) is 0 Å². The Morgan fingerprint density at radius 3 is 2.38 bits per heavy atom. The largest absolute Gasteiger partial charge is 0.504 e. The summed E-state index contributed by atoms with van der Waals surface area (Å²) in [5.74, 6) is -2.73. The Bertz CT molecular complexity index is 532. The number of phenolic OH excluding ortho intramolecular Hbond substituents is 2. The first-order valence-electron chi connectivity index (χ1n) is 6.52. The van der Waals surface area contributed by atoms with E-state index in [9.17, 15) is 19.8 Å². The van der Waals surface area contributed by atoms with Gasteiger partial charge in [-0.15, -0.1) is 0 Å². The first-order chi connectivity index (χ1) is 9.72. The predicted molar refractivity (Wildman–Crippen MR) is 75.9 cm³/mol. The molecule has 0 bridgehead atoms. The van der Waals surface area contributed by atoms with E-state index in [1.54, 1.807) is 13.0 Å². The highest BCUT2D eigenvalue weighted by atomic mass is 16.4. The molecule has 0 aliphatic carbocycles. The van der Waals surface area contributed by atoms with Crippen molar-refractivity contribution < 1.29 is 24.9 Å². The van der Waals surface area contributed by atoms with Crippen LogP contribution in [0, 0.1) is 5.92 Å². The Labute approximate surface area is 122 Å². The van der Waals surface area contributed by atoms with Gasteiger partial charge in [0.05, 0.1) is 12.0 Å². The van der Waals surface area contributed by atoms with Crippen molar-refractivity contribution in [3.05, 3.63) is 23.8 Å². The van der Waals surface area contributed by atoms with Crippen LogP contribution in [0.3, 0.4) is 0 Å². The SMILES string of the molecule is CC(NC(=O)[C@@H](N)Cc1ccc(O)c(O)c1)C(C)C(=O)O. The zero-order valence-electron chi connectivity index (χ0n) is 11.9. The molecule has 1 aromatic rings. The Morgan fingerprint density at radius 1 is 1.24 bits per heavy atom. The maximum absolute atomic E-state index is 11.9. The molecule has 2 unspecified atom stereocenters. The van der Waals surface area contributed by atoms with Gasteiger partial charge in [0.1, 0.15) is 0 Å². The third-order valence-electron chi connectivity index (χ3n) is 3.34. The van der Waals surface area contributed by atoms with E-state index in [1.807, 2.05) is 0 Å². The number of phenols is 2. The average Bonchev–Trinajstić information content (AvgIpc) is 2.41. The first-order valence-corrected chi connectivity index (χ1v) is 6.52. The second-order valence-corrected chi connectivity index (χ2v) is 5.06. The van der Waals surface area contributed by atoms with E-state index >= 15 is 0 Å². The van der Waals surface area contributed by atoms with Gasteiger partial charge < -0.3 is 26.4 Å². The lowest BCUT2D eigenvalue weighted by Gasteiger charge is -2.20. The molecule has 0 aliphatic heterocycles. The van der Waals surface area contributed by atoms with Gasteiger partial charge in [-0.3, -0.25) is 9.59 Å². The van der Waals surface area contributed by atoms with Gasteiger partial charge in [0.15, 0.2) is 11.5 Å². The van der Waals surface area contributed by atoms with E-state index in [4.69, 9.17) is 10.8 Å². The number of hydrogen-bond acceptors (Lipinski definition) is 5. The van der Waals surface area contributed by atoms with Crippen LogP contribution >= 0.6 is 0 Å². The van der Waals surface area contributed by atoms with E-state index in [-0.39, 0.29) is 17.9 Å². The number of aliphatic carboxylic acids is 1. The normalized spacial score (nSPS) is 15.0. The zero-order chi connectivity index (χ0) is 16.2. The van der Waals surface area contributed by atoms with Crippen molar-refractivity contribution in [2.75, 3.05) is 0 Å². The lowest BCUT2D eigenvalue weighted by molar-refractivity contribution is -0.142. The predicted octanol–water partition coefficient (Wildman–Crippen LogP) is 0.193. The lowest BCUT2D eigenvalue weighted by atomic mass is 10.0. The van der Waals surface area contributed by atoms with Crippen LogP contribution < -0.4 is 11.1 Å². The number of aromatic hydroxyl groups is 2. The number of carboxylic acid groups (broad SMARTS) is 1. The fraction of sp³-hybridized carbons (Fsp3) is 0.429. The molecule has 0 heterocycles. The molecular formula is C14H20N2O5. The molecule has 0 aromatic heterocycles. The second-order valence-electron chi connectivity index (χ2n) is 5.06. The van der Waals surface area contributed by atoms with Crippen LogP contribution in [0.15, 0.2) is 18.2 Å². The van der Waals surface area contributed by atoms with Crippen LogP contribution in [0.5, 0.6) is 11.5 Å². The molecular weight excluding hydrogens is 276 g/mol. The smallest absolute Gasteiger partial charge is 0.308 e. The number of amides is 1. The quantitative estimate of drug-likeness (QED) is 0.476. The van der Waals surface area contributed by atoms with E-state index in [2.05, 4.69) is 5.32 Å². The topological polar surface area (TPSA) is 133 Å². The van der Waals surface area contributed by atoms with Gasteiger partial charge in [0, 0.05) is 6.04 Å². The number of nitrogens with one attached hydrogen (secondary N) is 1. The summed E-state index contributed by atoms with van der Waals surface area (Å²) in [5, 5.41) is 30.0. The van der Waals surface area contributed by atoms with Gasteiger partial charge in [0.2, 0.25) is 5.91 Å². The molecule has 0 spiro atoms. The molecule has 3 atom stereocenters. The Kier molecular flexibility index (Phi) is 5.54. The lowest BCUT2D eigenvalue weighted by Crippen LogP contribution is -2.48. The molecule has 0 saturated heterocycles. The van der Waals surface area contributed by atoms with E-state index in [0.29, 0.717) is 5.56 Å². The van der Waals surface area contributed by atoms with Crippen molar-refractivity contribution in [2.45, 2.75) is 32.4 Å². The summed E-state index contributed by atoms with van der Waals surface area (Å²) in [7, 11) is 0. The third kappa shape index (κ3) is 4.64. The highest BCUT2D eigenvalue weighted by molar-refractivity contribution is 5.83. The van der Waals surface area contributed by atoms with Crippen molar-refractivity contribution in [2.24, 2.45) is 11.7 Å². The summed E-state index contributed by atoms with van der Waals surface area (Å²) in [6, 6.07) is 2.76. The summed E-state index contributed by atoms with van der Waals surface area (Å²) in [5.41, 5.74) is 6.35. The molecule has 6 N–H and O–H groups in total. The highest BCUT2D eigenvalue weighted by Gasteiger charge is 2.23. The molecule has 7 heteroatoms. The summed E-state index contributed by atoms with van der Waals surface area (Å²) in [6.45, 7) is 3.09. The number of carbonyl (C=O) groups excluding carboxylic acids is 1. The third-order valence-corrected chi connectivity index (χ3v) is 3.34.